The molecule has 174 valence electrons. The molecule has 0 nitrogen and oxygen atoms in total. The minimum absolute atomic E-state index is 0.101. The Balaban J connectivity index is 1.79. The van der Waals surface area contributed by atoms with Gasteiger partial charge >= 0.3 is 6.18 Å². The van der Waals surface area contributed by atoms with E-state index in [1.807, 2.05) is 24.3 Å². The van der Waals surface area contributed by atoms with Gasteiger partial charge in [0.1, 0.15) is 17.5 Å². The molecule has 0 aromatic heterocycles. The molecule has 0 spiro atoms. The Hall–Kier alpha value is -3.02. The number of hydrogen-bond acceptors (Lipinski definition) is 0. The van der Waals surface area contributed by atoms with E-state index in [-0.39, 0.29) is 23.6 Å². The lowest BCUT2D eigenvalue weighted by molar-refractivity contribution is -0.0790. The van der Waals surface area contributed by atoms with Gasteiger partial charge in [0, 0.05) is 18.1 Å². The maximum absolute atomic E-state index is 14.7. The molecular weight excluding hydrogens is 438 g/mol. The molecule has 1 atom stereocenters. The molecule has 0 aliphatic heterocycles. The van der Waals surface area contributed by atoms with Crippen molar-refractivity contribution >= 4 is 6.08 Å². The first kappa shape index (κ1) is 24.6. The van der Waals surface area contributed by atoms with Crippen molar-refractivity contribution in [3.05, 3.63) is 100 Å². The molecule has 0 N–H and O–H groups in total. The SMILES string of the molecule is CCCC(C)c1ccc(-c2ccc(Cc3cc(F)c(/C=C/C(F)(F)F)c(F)c3)c(F)c2)cc1. The van der Waals surface area contributed by atoms with E-state index in [4.69, 9.17) is 0 Å². The largest absolute Gasteiger partial charge is 0.409 e. The van der Waals surface area contributed by atoms with E-state index >= 15 is 0 Å². The Labute approximate surface area is 189 Å². The molecule has 0 fully saturated rings. The minimum atomic E-state index is -4.68. The smallest absolute Gasteiger partial charge is 0.207 e. The van der Waals surface area contributed by atoms with Crippen LogP contribution < -0.4 is 0 Å². The Morgan fingerprint density at radius 1 is 0.818 bits per heavy atom. The third-order valence-electron chi connectivity index (χ3n) is 5.56. The topological polar surface area (TPSA) is 0 Å². The number of halogens is 6. The van der Waals surface area contributed by atoms with Crippen molar-refractivity contribution in [3.8, 4) is 11.1 Å². The van der Waals surface area contributed by atoms with E-state index < -0.39 is 29.2 Å². The lowest BCUT2D eigenvalue weighted by atomic mass is 9.94. The Bertz CT molecular complexity index is 1100. The molecule has 0 radical (unpaired) electrons. The molecule has 33 heavy (non-hydrogen) atoms. The van der Waals surface area contributed by atoms with Crippen LogP contribution in [0.1, 0.15) is 54.9 Å². The molecule has 1 unspecified atom stereocenters. The lowest BCUT2D eigenvalue weighted by Crippen LogP contribution is -2.02. The van der Waals surface area contributed by atoms with Crippen LogP contribution in [0.3, 0.4) is 0 Å². The molecule has 3 aromatic rings. The molecule has 3 rings (SSSR count). The van der Waals surface area contributed by atoms with Crippen molar-refractivity contribution in [1.82, 2.24) is 0 Å². The molecule has 0 bridgehead atoms. The van der Waals surface area contributed by atoms with Gasteiger partial charge in [-0.25, -0.2) is 13.2 Å². The van der Waals surface area contributed by atoms with Gasteiger partial charge in [0.2, 0.25) is 0 Å². The van der Waals surface area contributed by atoms with E-state index in [2.05, 4.69) is 13.8 Å². The van der Waals surface area contributed by atoms with E-state index in [9.17, 15) is 26.3 Å². The van der Waals surface area contributed by atoms with E-state index in [0.717, 1.165) is 30.5 Å². The van der Waals surface area contributed by atoms with E-state index in [1.54, 1.807) is 12.1 Å². The maximum atomic E-state index is 14.7. The van der Waals surface area contributed by atoms with Crippen molar-refractivity contribution in [3.63, 3.8) is 0 Å². The first-order chi connectivity index (χ1) is 15.6. The van der Waals surface area contributed by atoms with Crippen molar-refractivity contribution in [2.75, 3.05) is 0 Å². The summed E-state index contributed by atoms with van der Waals surface area (Å²) in [5.41, 5.74) is 2.31. The third kappa shape index (κ3) is 6.50. The summed E-state index contributed by atoms with van der Waals surface area (Å²) in [7, 11) is 0. The Kier molecular flexibility index (Phi) is 7.67. The second-order valence-electron chi connectivity index (χ2n) is 8.14. The first-order valence-corrected chi connectivity index (χ1v) is 10.7. The summed E-state index contributed by atoms with van der Waals surface area (Å²) in [5, 5.41) is 0. The number of rotatable bonds is 7. The van der Waals surface area contributed by atoms with Gasteiger partial charge in [-0.3, -0.25) is 0 Å². The van der Waals surface area contributed by atoms with Crippen LogP contribution >= 0.6 is 0 Å². The average molecular weight is 462 g/mol. The summed E-state index contributed by atoms with van der Waals surface area (Å²) in [6, 6.07) is 14.4. The Morgan fingerprint density at radius 2 is 1.42 bits per heavy atom. The fraction of sp³-hybridized carbons (Fsp3) is 0.259. The Morgan fingerprint density at radius 3 is 1.97 bits per heavy atom. The predicted molar refractivity (Wildman–Crippen MR) is 119 cm³/mol. The van der Waals surface area contributed by atoms with Crippen molar-refractivity contribution in [1.29, 1.82) is 0 Å². The van der Waals surface area contributed by atoms with Crippen LogP contribution in [0.15, 0.2) is 60.7 Å². The zero-order chi connectivity index (χ0) is 24.2. The molecular formula is C27H24F6. The van der Waals surface area contributed by atoms with E-state index in [1.165, 1.54) is 11.6 Å². The molecule has 0 aliphatic carbocycles. The maximum Gasteiger partial charge on any atom is 0.409 e. The van der Waals surface area contributed by atoms with Crippen LogP contribution in [0.4, 0.5) is 26.3 Å². The van der Waals surface area contributed by atoms with Gasteiger partial charge in [-0.05, 0) is 64.4 Å². The molecule has 0 saturated heterocycles. The predicted octanol–water partition coefficient (Wildman–Crippen LogP) is 8.84. The van der Waals surface area contributed by atoms with Crippen molar-refractivity contribution in [2.45, 2.75) is 45.2 Å². The summed E-state index contributed by atoms with van der Waals surface area (Å²) in [4.78, 5) is 0. The van der Waals surface area contributed by atoms with Gasteiger partial charge in [0.25, 0.3) is 0 Å². The van der Waals surface area contributed by atoms with Gasteiger partial charge in [0.15, 0.2) is 0 Å². The second-order valence-corrected chi connectivity index (χ2v) is 8.14. The van der Waals surface area contributed by atoms with Crippen LogP contribution in [0.25, 0.3) is 17.2 Å². The number of allylic oxidation sites excluding steroid dienone is 1. The van der Waals surface area contributed by atoms with Gasteiger partial charge < -0.3 is 0 Å². The normalized spacial score (nSPS) is 13.0. The van der Waals surface area contributed by atoms with Crippen LogP contribution in [0.2, 0.25) is 0 Å². The third-order valence-corrected chi connectivity index (χ3v) is 5.56. The molecule has 3 aromatic carbocycles. The van der Waals surface area contributed by atoms with Crippen molar-refractivity contribution < 1.29 is 26.3 Å². The fourth-order valence-corrected chi connectivity index (χ4v) is 3.77. The average Bonchev–Trinajstić information content (AvgIpc) is 2.74. The lowest BCUT2D eigenvalue weighted by Gasteiger charge is -2.12. The van der Waals surface area contributed by atoms with Gasteiger partial charge in [-0.15, -0.1) is 0 Å². The summed E-state index contributed by atoms with van der Waals surface area (Å²) in [6.45, 7) is 4.30. The highest BCUT2D eigenvalue weighted by Crippen LogP contribution is 2.28. The minimum Gasteiger partial charge on any atom is -0.207 e. The number of benzene rings is 3. The molecule has 0 aliphatic rings. The van der Waals surface area contributed by atoms with Gasteiger partial charge in [-0.2, -0.15) is 13.2 Å². The summed E-state index contributed by atoms with van der Waals surface area (Å²) < 4.78 is 79.9. The van der Waals surface area contributed by atoms with Crippen molar-refractivity contribution in [2.24, 2.45) is 0 Å². The monoisotopic (exact) mass is 462 g/mol. The molecule has 6 heteroatoms. The number of hydrogen-bond donors (Lipinski definition) is 0. The number of alkyl halides is 3. The van der Waals surface area contributed by atoms with Gasteiger partial charge in [-0.1, -0.05) is 56.7 Å². The zero-order valence-electron chi connectivity index (χ0n) is 18.3. The summed E-state index contributed by atoms with van der Waals surface area (Å²) >= 11 is 0. The van der Waals surface area contributed by atoms with Crippen LogP contribution in [-0.4, -0.2) is 6.18 Å². The van der Waals surface area contributed by atoms with Gasteiger partial charge in [0.05, 0.1) is 0 Å². The van der Waals surface area contributed by atoms with Crippen LogP contribution in [0.5, 0.6) is 0 Å². The zero-order valence-corrected chi connectivity index (χ0v) is 18.3. The second kappa shape index (κ2) is 10.3. The highest BCUT2D eigenvalue weighted by Gasteiger charge is 2.23. The first-order valence-electron chi connectivity index (χ1n) is 10.7. The highest BCUT2D eigenvalue weighted by molar-refractivity contribution is 5.64. The molecule has 0 amide bonds. The van der Waals surface area contributed by atoms with E-state index in [0.29, 0.717) is 17.6 Å². The summed E-state index contributed by atoms with van der Waals surface area (Å²) in [5.74, 6) is -2.36. The molecule has 0 heterocycles. The highest BCUT2D eigenvalue weighted by atomic mass is 19.4. The van der Waals surface area contributed by atoms with Crippen LogP contribution in [-0.2, 0) is 6.42 Å². The standard InChI is InChI=1S/C27H24F6/c1-3-4-17(2)19-5-7-20(8-6-19)21-9-10-22(24(28)16-21)13-18-14-25(29)23(26(30)15-18)11-12-27(31,32)33/h5-12,14-17H,3-4,13H2,1-2H3/b12-11+. The summed E-state index contributed by atoms with van der Waals surface area (Å²) in [6.07, 6.45) is -2.49. The quantitative estimate of drug-likeness (QED) is 0.308. The molecule has 0 saturated carbocycles. The fourth-order valence-electron chi connectivity index (χ4n) is 3.77. The van der Waals surface area contributed by atoms with Crippen LogP contribution in [0, 0.1) is 17.5 Å².